The second-order valence-electron chi connectivity index (χ2n) is 4.18. The molecule has 0 aliphatic heterocycles. The molecule has 0 aliphatic carbocycles. The van der Waals surface area contributed by atoms with Crippen molar-refractivity contribution in [2.24, 2.45) is 5.73 Å². The molecule has 0 saturated carbocycles. The number of rotatable bonds is 6. The predicted molar refractivity (Wildman–Crippen MR) is 69.1 cm³/mol. The number of hydrogen-bond donors (Lipinski definition) is 2. The first-order valence-electron chi connectivity index (χ1n) is 6.00. The Morgan fingerprint density at radius 2 is 2.00 bits per heavy atom. The fourth-order valence-electron chi connectivity index (χ4n) is 1.87. The quantitative estimate of drug-likeness (QED) is 0.825. The maximum Gasteiger partial charge on any atom is 0.123 e. The van der Waals surface area contributed by atoms with Crippen LogP contribution in [0.1, 0.15) is 17.9 Å². The van der Waals surface area contributed by atoms with E-state index in [4.69, 9.17) is 10.5 Å². The van der Waals surface area contributed by atoms with Crippen molar-refractivity contribution < 1.29 is 9.13 Å². The molecule has 18 heavy (non-hydrogen) atoms. The van der Waals surface area contributed by atoms with E-state index in [2.05, 4.69) is 4.98 Å². The zero-order valence-electron chi connectivity index (χ0n) is 10.1. The van der Waals surface area contributed by atoms with Gasteiger partial charge in [0.15, 0.2) is 0 Å². The molecule has 3 nitrogen and oxygen atoms in total. The van der Waals surface area contributed by atoms with Crippen molar-refractivity contribution in [2.75, 3.05) is 13.2 Å². The lowest BCUT2D eigenvalue weighted by Crippen LogP contribution is -2.14. The van der Waals surface area contributed by atoms with Gasteiger partial charge in [-0.05, 0) is 48.9 Å². The van der Waals surface area contributed by atoms with Gasteiger partial charge in [-0.25, -0.2) is 4.39 Å². The zero-order chi connectivity index (χ0) is 12.8. The molecule has 0 fully saturated rings. The summed E-state index contributed by atoms with van der Waals surface area (Å²) in [6, 6.07) is 8.07. The van der Waals surface area contributed by atoms with Gasteiger partial charge in [0.25, 0.3) is 0 Å². The van der Waals surface area contributed by atoms with Gasteiger partial charge in [0.2, 0.25) is 0 Å². The maximum atomic E-state index is 12.8. The third kappa shape index (κ3) is 3.34. The van der Waals surface area contributed by atoms with Crippen LogP contribution in [-0.2, 0) is 0 Å². The number of benzene rings is 1. The topological polar surface area (TPSA) is 51.0 Å². The van der Waals surface area contributed by atoms with Gasteiger partial charge in [-0.3, -0.25) is 0 Å². The van der Waals surface area contributed by atoms with E-state index in [9.17, 15) is 4.39 Å². The van der Waals surface area contributed by atoms with Crippen molar-refractivity contribution in [3.63, 3.8) is 0 Å². The summed E-state index contributed by atoms with van der Waals surface area (Å²) < 4.78 is 18.4. The second-order valence-corrected chi connectivity index (χ2v) is 4.18. The summed E-state index contributed by atoms with van der Waals surface area (Å²) in [7, 11) is 0. The Balaban J connectivity index is 1.95. The van der Waals surface area contributed by atoms with Crippen molar-refractivity contribution in [3.05, 3.63) is 54.1 Å². The van der Waals surface area contributed by atoms with Crippen molar-refractivity contribution in [2.45, 2.75) is 12.3 Å². The number of ether oxygens (including phenoxy) is 1. The molecule has 0 radical (unpaired) electrons. The molecule has 1 atom stereocenters. The smallest absolute Gasteiger partial charge is 0.123 e. The van der Waals surface area contributed by atoms with Gasteiger partial charge in [-0.15, -0.1) is 0 Å². The minimum atomic E-state index is -0.258. The summed E-state index contributed by atoms with van der Waals surface area (Å²) in [5.41, 5.74) is 6.79. The minimum Gasteiger partial charge on any atom is -0.493 e. The Labute approximate surface area is 106 Å². The van der Waals surface area contributed by atoms with Crippen LogP contribution in [0.5, 0.6) is 5.75 Å². The van der Waals surface area contributed by atoms with Crippen LogP contribution in [0.15, 0.2) is 42.7 Å². The van der Waals surface area contributed by atoms with Gasteiger partial charge in [0.05, 0.1) is 6.61 Å². The van der Waals surface area contributed by atoms with Crippen LogP contribution in [0, 0.1) is 5.82 Å². The standard InChI is InChI=1S/C14H17FN2O/c15-13-1-3-14(4-2-13)18-10-12(5-7-16)11-6-8-17-9-11/h1-4,6,8-9,12,17H,5,7,10,16H2. The number of nitrogens with two attached hydrogens (primary N) is 1. The molecule has 4 heteroatoms. The zero-order valence-corrected chi connectivity index (χ0v) is 10.1. The molecular formula is C14H17FN2O. The van der Waals surface area contributed by atoms with Gasteiger partial charge in [0.1, 0.15) is 11.6 Å². The highest BCUT2D eigenvalue weighted by molar-refractivity contribution is 5.23. The van der Waals surface area contributed by atoms with Gasteiger partial charge < -0.3 is 15.5 Å². The Morgan fingerprint density at radius 1 is 1.22 bits per heavy atom. The summed E-state index contributed by atoms with van der Waals surface area (Å²) in [5, 5.41) is 0. The van der Waals surface area contributed by atoms with Gasteiger partial charge in [0, 0.05) is 18.3 Å². The monoisotopic (exact) mass is 248 g/mol. The third-order valence-corrected chi connectivity index (χ3v) is 2.87. The summed E-state index contributed by atoms with van der Waals surface area (Å²) in [5.74, 6) is 0.673. The van der Waals surface area contributed by atoms with E-state index in [0.29, 0.717) is 18.9 Å². The van der Waals surface area contributed by atoms with E-state index in [1.54, 1.807) is 12.1 Å². The number of hydrogen-bond acceptors (Lipinski definition) is 2. The van der Waals surface area contributed by atoms with Crippen molar-refractivity contribution in [1.82, 2.24) is 4.98 Å². The Kier molecular flexibility index (Phi) is 4.36. The molecular weight excluding hydrogens is 231 g/mol. The van der Waals surface area contributed by atoms with E-state index in [1.165, 1.54) is 17.7 Å². The SMILES string of the molecule is NCCC(COc1ccc(F)cc1)c1cc[nH]c1. The lowest BCUT2D eigenvalue weighted by molar-refractivity contribution is 0.282. The van der Waals surface area contributed by atoms with Crippen LogP contribution in [0.25, 0.3) is 0 Å². The number of aromatic amines is 1. The summed E-state index contributed by atoms with van der Waals surface area (Å²) in [6.07, 6.45) is 4.70. The largest absolute Gasteiger partial charge is 0.493 e. The average Bonchev–Trinajstić information content (AvgIpc) is 2.90. The summed E-state index contributed by atoms with van der Waals surface area (Å²) in [4.78, 5) is 3.03. The first-order chi connectivity index (χ1) is 8.79. The summed E-state index contributed by atoms with van der Waals surface area (Å²) >= 11 is 0. The number of H-pyrrole nitrogens is 1. The maximum absolute atomic E-state index is 12.8. The first-order valence-corrected chi connectivity index (χ1v) is 6.00. The molecule has 3 N–H and O–H groups in total. The molecule has 1 aromatic carbocycles. The van der Waals surface area contributed by atoms with Crippen LogP contribution >= 0.6 is 0 Å². The molecule has 1 unspecified atom stereocenters. The Morgan fingerprint density at radius 3 is 2.61 bits per heavy atom. The Bertz CT molecular complexity index is 453. The molecule has 0 bridgehead atoms. The first kappa shape index (κ1) is 12.6. The molecule has 0 amide bonds. The second kappa shape index (κ2) is 6.21. The van der Waals surface area contributed by atoms with E-state index in [0.717, 1.165) is 6.42 Å². The van der Waals surface area contributed by atoms with Crippen molar-refractivity contribution >= 4 is 0 Å². The number of aromatic nitrogens is 1. The molecule has 0 aliphatic rings. The van der Waals surface area contributed by atoms with Crippen LogP contribution in [0.4, 0.5) is 4.39 Å². The van der Waals surface area contributed by atoms with Crippen LogP contribution < -0.4 is 10.5 Å². The highest BCUT2D eigenvalue weighted by Gasteiger charge is 2.12. The van der Waals surface area contributed by atoms with Gasteiger partial charge in [-0.1, -0.05) is 0 Å². The highest BCUT2D eigenvalue weighted by atomic mass is 19.1. The lowest BCUT2D eigenvalue weighted by atomic mass is 9.99. The minimum absolute atomic E-state index is 0.256. The van der Waals surface area contributed by atoms with Crippen LogP contribution in [0.3, 0.4) is 0 Å². The van der Waals surface area contributed by atoms with Gasteiger partial charge >= 0.3 is 0 Å². The molecule has 1 heterocycles. The average molecular weight is 248 g/mol. The Hall–Kier alpha value is -1.81. The van der Waals surface area contributed by atoms with Crippen molar-refractivity contribution in [3.8, 4) is 5.75 Å². The summed E-state index contributed by atoms with van der Waals surface area (Å²) in [6.45, 7) is 1.16. The third-order valence-electron chi connectivity index (χ3n) is 2.87. The lowest BCUT2D eigenvalue weighted by Gasteiger charge is -2.15. The fraction of sp³-hybridized carbons (Fsp3) is 0.286. The molecule has 2 aromatic rings. The van der Waals surface area contributed by atoms with Gasteiger partial charge in [-0.2, -0.15) is 0 Å². The number of halogens is 1. The molecule has 0 saturated heterocycles. The van der Waals surface area contributed by atoms with E-state index >= 15 is 0 Å². The molecule has 1 aromatic heterocycles. The van der Waals surface area contributed by atoms with E-state index in [1.807, 2.05) is 18.5 Å². The predicted octanol–water partition coefficient (Wildman–Crippen LogP) is 2.67. The molecule has 2 rings (SSSR count). The van der Waals surface area contributed by atoms with E-state index < -0.39 is 0 Å². The van der Waals surface area contributed by atoms with Crippen LogP contribution in [-0.4, -0.2) is 18.1 Å². The number of nitrogens with one attached hydrogen (secondary N) is 1. The molecule has 0 spiro atoms. The fourth-order valence-corrected chi connectivity index (χ4v) is 1.87. The molecule has 96 valence electrons. The van der Waals surface area contributed by atoms with Crippen LogP contribution in [0.2, 0.25) is 0 Å². The van der Waals surface area contributed by atoms with E-state index in [-0.39, 0.29) is 11.7 Å². The van der Waals surface area contributed by atoms with Crippen molar-refractivity contribution in [1.29, 1.82) is 0 Å². The normalized spacial score (nSPS) is 12.3. The highest BCUT2D eigenvalue weighted by Crippen LogP contribution is 2.21.